The van der Waals surface area contributed by atoms with Crippen LogP contribution >= 0.6 is 11.6 Å². The highest BCUT2D eigenvalue weighted by Crippen LogP contribution is 2.04. The summed E-state index contributed by atoms with van der Waals surface area (Å²) in [5, 5.41) is 2.99. The Morgan fingerprint density at radius 2 is 2.17 bits per heavy atom. The van der Waals surface area contributed by atoms with Crippen molar-refractivity contribution in [3.63, 3.8) is 0 Å². The lowest BCUT2D eigenvalue weighted by molar-refractivity contribution is 0.0945. The Labute approximate surface area is 109 Å². The molecule has 1 amide bonds. The number of rotatable bonds is 3. The second-order valence-corrected chi connectivity index (χ2v) is 4.06. The average Bonchev–Trinajstić information content (AvgIpc) is 2.38. The van der Waals surface area contributed by atoms with E-state index in [1.807, 2.05) is 19.1 Å². The Hall–Kier alpha value is -2.01. The van der Waals surface area contributed by atoms with Gasteiger partial charge in [0.2, 0.25) is 0 Å². The molecule has 0 radical (unpaired) electrons. The minimum Gasteiger partial charge on any atom is -0.345 e. The van der Waals surface area contributed by atoms with E-state index in [9.17, 15) is 4.79 Å². The molecule has 2 aromatic rings. The second-order valence-electron chi connectivity index (χ2n) is 3.67. The number of aromatic nitrogens is 3. The van der Waals surface area contributed by atoms with Crippen LogP contribution in [0.5, 0.6) is 0 Å². The zero-order chi connectivity index (χ0) is 13.0. The van der Waals surface area contributed by atoms with E-state index in [2.05, 4.69) is 20.3 Å². The fourth-order valence-corrected chi connectivity index (χ4v) is 1.49. The highest BCUT2D eigenvalue weighted by molar-refractivity contribution is 6.29. The molecule has 0 aliphatic carbocycles. The molecule has 0 bridgehead atoms. The van der Waals surface area contributed by atoms with Crippen LogP contribution in [-0.4, -0.2) is 20.9 Å². The van der Waals surface area contributed by atoms with Crippen molar-refractivity contribution in [1.29, 1.82) is 0 Å². The first kappa shape index (κ1) is 12.4. The molecule has 0 spiro atoms. The van der Waals surface area contributed by atoms with E-state index in [4.69, 9.17) is 11.6 Å². The number of halogens is 1. The molecule has 0 aromatic carbocycles. The monoisotopic (exact) mass is 262 g/mol. The summed E-state index contributed by atoms with van der Waals surface area (Å²) in [4.78, 5) is 23.6. The number of nitrogens with zero attached hydrogens (tertiary/aromatic N) is 3. The molecule has 92 valence electrons. The smallest absolute Gasteiger partial charge is 0.271 e. The number of pyridine rings is 1. The van der Waals surface area contributed by atoms with Gasteiger partial charge in [-0.1, -0.05) is 17.7 Å². The van der Waals surface area contributed by atoms with Crippen molar-refractivity contribution >= 4 is 17.5 Å². The molecule has 2 heterocycles. The van der Waals surface area contributed by atoms with E-state index in [1.54, 1.807) is 6.20 Å². The van der Waals surface area contributed by atoms with Crippen molar-refractivity contribution in [2.75, 3.05) is 0 Å². The number of amides is 1. The minimum atomic E-state index is -0.302. The molecule has 0 unspecified atom stereocenters. The predicted octanol–water partition coefficient (Wildman–Crippen LogP) is 1.76. The SMILES string of the molecule is Cc1cccnc1CNC(=O)c1cnc(Cl)cn1. The van der Waals surface area contributed by atoms with Gasteiger partial charge >= 0.3 is 0 Å². The van der Waals surface area contributed by atoms with Crippen LogP contribution in [0.25, 0.3) is 0 Å². The van der Waals surface area contributed by atoms with E-state index in [1.165, 1.54) is 12.4 Å². The zero-order valence-electron chi connectivity index (χ0n) is 9.72. The van der Waals surface area contributed by atoms with E-state index in [0.717, 1.165) is 11.3 Å². The van der Waals surface area contributed by atoms with Gasteiger partial charge in [0.25, 0.3) is 5.91 Å². The van der Waals surface area contributed by atoms with Gasteiger partial charge in [0.1, 0.15) is 10.8 Å². The third kappa shape index (κ3) is 3.01. The molecular formula is C12H11ClN4O. The molecule has 0 atom stereocenters. The minimum absolute atomic E-state index is 0.230. The topological polar surface area (TPSA) is 67.8 Å². The normalized spacial score (nSPS) is 10.1. The first-order valence-electron chi connectivity index (χ1n) is 5.33. The molecule has 2 aromatic heterocycles. The summed E-state index contributed by atoms with van der Waals surface area (Å²) in [6.45, 7) is 2.30. The number of hydrogen-bond donors (Lipinski definition) is 1. The number of aryl methyl sites for hydroxylation is 1. The maximum Gasteiger partial charge on any atom is 0.271 e. The van der Waals surface area contributed by atoms with Gasteiger partial charge < -0.3 is 5.32 Å². The molecule has 1 N–H and O–H groups in total. The molecule has 0 aliphatic rings. The van der Waals surface area contributed by atoms with Crippen molar-refractivity contribution in [2.45, 2.75) is 13.5 Å². The summed E-state index contributed by atoms with van der Waals surface area (Å²) in [5.74, 6) is -0.302. The lowest BCUT2D eigenvalue weighted by Crippen LogP contribution is -2.24. The Balaban J connectivity index is 2.01. The van der Waals surface area contributed by atoms with Gasteiger partial charge in [-0.15, -0.1) is 0 Å². The van der Waals surface area contributed by atoms with E-state index in [-0.39, 0.29) is 16.8 Å². The van der Waals surface area contributed by atoms with Crippen LogP contribution in [0.1, 0.15) is 21.7 Å². The molecule has 5 nitrogen and oxygen atoms in total. The summed E-state index contributed by atoms with van der Waals surface area (Å²) < 4.78 is 0. The Bertz CT molecular complexity index is 556. The summed E-state index contributed by atoms with van der Waals surface area (Å²) in [6, 6.07) is 3.79. The van der Waals surface area contributed by atoms with Crippen LogP contribution < -0.4 is 5.32 Å². The zero-order valence-corrected chi connectivity index (χ0v) is 10.5. The number of carbonyl (C=O) groups is 1. The molecule has 2 rings (SSSR count). The molecule has 6 heteroatoms. The van der Waals surface area contributed by atoms with Gasteiger partial charge in [0, 0.05) is 6.20 Å². The lowest BCUT2D eigenvalue weighted by atomic mass is 10.2. The van der Waals surface area contributed by atoms with Crippen molar-refractivity contribution in [3.05, 3.63) is 52.8 Å². The third-order valence-electron chi connectivity index (χ3n) is 2.39. The molecule has 0 aliphatic heterocycles. The first-order chi connectivity index (χ1) is 8.66. The van der Waals surface area contributed by atoms with Crippen LogP contribution in [0.2, 0.25) is 5.15 Å². The summed E-state index contributed by atoms with van der Waals surface area (Å²) in [5.41, 5.74) is 2.08. The van der Waals surface area contributed by atoms with Crippen LogP contribution in [0.4, 0.5) is 0 Å². The number of hydrogen-bond acceptors (Lipinski definition) is 4. The Morgan fingerprint density at radius 3 is 2.83 bits per heavy atom. The van der Waals surface area contributed by atoms with Crippen molar-refractivity contribution in [2.24, 2.45) is 0 Å². The molecule has 0 saturated heterocycles. The summed E-state index contributed by atoms with van der Waals surface area (Å²) in [6.07, 6.45) is 4.36. The fraction of sp³-hybridized carbons (Fsp3) is 0.167. The molecule has 0 saturated carbocycles. The number of carbonyl (C=O) groups excluding carboxylic acids is 1. The van der Waals surface area contributed by atoms with E-state index in [0.29, 0.717) is 6.54 Å². The summed E-state index contributed by atoms with van der Waals surface area (Å²) in [7, 11) is 0. The fourth-order valence-electron chi connectivity index (χ4n) is 1.39. The van der Waals surface area contributed by atoms with Gasteiger partial charge in [-0.3, -0.25) is 9.78 Å². The van der Waals surface area contributed by atoms with Crippen molar-refractivity contribution in [3.8, 4) is 0 Å². The predicted molar refractivity (Wildman–Crippen MR) is 67.2 cm³/mol. The van der Waals surface area contributed by atoms with Gasteiger partial charge in [0.15, 0.2) is 0 Å². The van der Waals surface area contributed by atoms with Crippen molar-refractivity contribution in [1.82, 2.24) is 20.3 Å². The Morgan fingerprint density at radius 1 is 1.33 bits per heavy atom. The first-order valence-corrected chi connectivity index (χ1v) is 5.71. The van der Waals surface area contributed by atoms with E-state index < -0.39 is 0 Å². The maximum absolute atomic E-state index is 11.8. The van der Waals surface area contributed by atoms with Gasteiger partial charge in [-0.25, -0.2) is 9.97 Å². The number of nitrogens with one attached hydrogen (secondary N) is 1. The average molecular weight is 263 g/mol. The lowest BCUT2D eigenvalue weighted by Gasteiger charge is -2.06. The molecular weight excluding hydrogens is 252 g/mol. The van der Waals surface area contributed by atoms with Crippen LogP contribution in [-0.2, 0) is 6.54 Å². The van der Waals surface area contributed by atoms with Crippen molar-refractivity contribution < 1.29 is 4.79 Å². The largest absolute Gasteiger partial charge is 0.345 e. The Kier molecular flexibility index (Phi) is 3.84. The highest BCUT2D eigenvalue weighted by atomic mass is 35.5. The maximum atomic E-state index is 11.8. The van der Waals surface area contributed by atoms with E-state index >= 15 is 0 Å². The van der Waals surface area contributed by atoms with Gasteiger partial charge in [0.05, 0.1) is 24.6 Å². The summed E-state index contributed by atoms with van der Waals surface area (Å²) >= 11 is 5.59. The van der Waals surface area contributed by atoms with Gasteiger partial charge in [-0.05, 0) is 18.6 Å². The van der Waals surface area contributed by atoms with Crippen LogP contribution in [0, 0.1) is 6.92 Å². The molecule has 18 heavy (non-hydrogen) atoms. The highest BCUT2D eigenvalue weighted by Gasteiger charge is 2.08. The van der Waals surface area contributed by atoms with Crippen LogP contribution in [0.3, 0.4) is 0 Å². The second kappa shape index (κ2) is 5.55. The quantitative estimate of drug-likeness (QED) is 0.915. The van der Waals surface area contributed by atoms with Gasteiger partial charge in [-0.2, -0.15) is 0 Å². The molecule has 0 fully saturated rings. The van der Waals surface area contributed by atoms with Crippen LogP contribution in [0.15, 0.2) is 30.7 Å². The third-order valence-corrected chi connectivity index (χ3v) is 2.58. The standard InChI is InChI=1S/C12H11ClN4O/c1-8-3-2-4-14-9(8)5-17-12(18)10-6-16-11(13)7-15-10/h2-4,6-7H,5H2,1H3,(H,17,18).